The number of fused-ring (bicyclic) bond motifs is 1. The first-order chi connectivity index (χ1) is 6.40. The Balaban J connectivity index is 2.11. The number of aliphatic hydroxyl groups excluding tert-OH is 1. The van der Waals surface area contributed by atoms with Crippen LogP contribution in [0.15, 0.2) is 24.3 Å². The molecular formula is C8H9O4P. The molecule has 0 saturated heterocycles. The van der Waals surface area contributed by atoms with E-state index in [1.807, 2.05) is 24.3 Å². The van der Waals surface area contributed by atoms with Crippen molar-refractivity contribution in [2.45, 2.75) is 6.61 Å². The average Bonchev–Trinajstić information content (AvgIpc) is 2.18. The molecule has 2 rings (SSSR count). The molecular weight excluding hydrogens is 191 g/mol. The van der Waals surface area contributed by atoms with Gasteiger partial charge in [-0.3, -0.25) is 9.05 Å². The fourth-order valence-corrected chi connectivity index (χ4v) is 1.91. The molecule has 5 heteroatoms. The smallest absolute Gasteiger partial charge is 0.399 e. The molecule has 0 spiro atoms. The topological polar surface area (TPSA) is 47.9 Å². The Hall–Kier alpha value is -0.670. The molecule has 1 N–H and O–H groups in total. The van der Waals surface area contributed by atoms with Crippen molar-refractivity contribution >= 4 is 8.60 Å². The van der Waals surface area contributed by atoms with E-state index >= 15 is 0 Å². The minimum atomic E-state index is -1.41. The van der Waals surface area contributed by atoms with Crippen molar-refractivity contribution in [1.82, 2.24) is 0 Å². The van der Waals surface area contributed by atoms with E-state index in [4.69, 9.17) is 18.7 Å². The van der Waals surface area contributed by atoms with E-state index < -0.39 is 8.60 Å². The maximum atomic E-state index is 8.50. The quantitative estimate of drug-likeness (QED) is 0.584. The number of aliphatic hydroxyl groups is 1. The van der Waals surface area contributed by atoms with Crippen LogP contribution in [0.3, 0.4) is 0 Å². The number of hydrogen-bond donors (Lipinski definition) is 1. The van der Waals surface area contributed by atoms with E-state index in [0.29, 0.717) is 6.61 Å². The Morgan fingerprint density at radius 1 is 1.46 bits per heavy atom. The van der Waals surface area contributed by atoms with Gasteiger partial charge in [0.1, 0.15) is 5.75 Å². The highest BCUT2D eigenvalue weighted by Crippen LogP contribution is 2.46. The number of para-hydroxylation sites is 1. The SMILES string of the molecule is OCOP1OCc2ccccc2O1. The van der Waals surface area contributed by atoms with Crippen molar-refractivity contribution in [3.05, 3.63) is 29.8 Å². The summed E-state index contributed by atoms with van der Waals surface area (Å²) < 4.78 is 15.4. The van der Waals surface area contributed by atoms with Gasteiger partial charge in [0.15, 0.2) is 6.79 Å². The zero-order chi connectivity index (χ0) is 9.10. The Morgan fingerprint density at radius 3 is 3.15 bits per heavy atom. The summed E-state index contributed by atoms with van der Waals surface area (Å²) in [6.07, 6.45) is 0. The fourth-order valence-electron chi connectivity index (χ4n) is 1.05. The van der Waals surface area contributed by atoms with Crippen molar-refractivity contribution in [2.75, 3.05) is 6.79 Å². The lowest BCUT2D eigenvalue weighted by Crippen LogP contribution is -2.05. The second-order valence-corrected chi connectivity index (χ2v) is 3.60. The van der Waals surface area contributed by atoms with Gasteiger partial charge in [-0.25, -0.2) is 0 Å². The molecule has 70 valence electrons. The van der Waals surface area contributed by atoms with E-state index in [9.17, 15) is 0 Å². The van der Waals surface area contributed by atoms with Crippen LogP contribution < -0.4 is 4.52 Å². The van der Waals surface area contributed by atoms with Crippen LogP contribution in [-0.2, 0) is 15.7 Å². The molecule has 1 aromatic rings. The molecule has 0 bridgehead atoms. The van der Waals surface area contributed by atoms with Crippen LogP contribution in [-0.4, -0.2) is 11.9 Å². The van der Waals surface area contributed by atoms with E-state index in [2.05, 4.69) is 0 Å². The minimum Gasteiger partial charge on any atom is -0.426 e. The van der Waals surface area contributed by atoms with Gasteiger partial charge in [0.05, 0.1) is 6.61 Å². The van der Waals surface area contributed by atoms with Gasteiger partial charge >= 0.3 is 8.60 Å². The lowest BCUT2D eigenvalue weighted by molar-refractivity contribution is 0.0706. The normalized spacial score (nSPS) is 20.5. The second kappa shape index (κ2) is 4.03. The first kappa shape index (κ1) is 8.91. The van der Waals surface area contributed by atoms with Crippen LogP contribution in [0.4, 0.5) is 0 Å². The zero-order valence-electron chi connectivity index (χ0n) is 6.84. The summed E-state index contributed by atoms with van der Waals surface area (Å²) in [6, 6.07) is 7.59. The number of rotatable bonds is 2. The van der Waals surface area contributed by atoms with Crippen LogP contribution in [0.2, 0.25) is 0 Å². The summed E-state index contributed by atoms with van der Waals surface area (Å²) in [5.74, 6) is 0.772. The summed E-state index contributed by atoms with van der Waals surface area (Å²) in [6.45, 7) is 0.0930. The van der Waals surface area contributed by atoms with Gasteiger partial charge in [0.25, 0.3) is 0 Å². The summed E-state index contributed by atoms with van der Waals surface area (Å²) in [5.41, 5.74) is 1.00. The molecule has 0 fully saturated rings. The van der Waals surface area contributed by atoms with Gasteiger partial charge in [-0.1, -0.05) is 18.2 Å². The van der Waals surface area contributed by atoms with Crippen LogP contribution in [0.1, 0.15) is 5.56 Å². The van der Waals surface area contributed by atoms with Gasteiger partial charge in [-0.15, -0.1) is 0 Å². The van der Waals surface area contributed by atoms with E-state index in [1.165, 1.54) is 0 Å². The van der Waals surface area contributed by atoms with Crippen LogP contribution in [0.5, 0.6) is 5.75 Å². The first-order valence-corrected chi connectivity index (χ1v) is 4.92. The highest BCUT2D eigenvalue weighted by molar-refractivity contribution is 7.42. The molecule has 0 amide bonds. The van der Waals surface area contributed by atoms with Gasteiger partial charge in [0, 0.05) is 5.56 Å². The van der Waals surface area contributed by atoms with Gasteiger partial charge < -0.3 is 9.63 Å². The standard InChI is InChI=1S/C8H9O4P/c9-6-11-13-10-5-7-3-1-2-4-8(7)12-13/h1-4,9H,5-6H2. The van der Waals surface area contributed by atoms with Crippen molar-refractivity contribution in [2.24, 2.45) is 0 Å². The van der Waals surface area contributed by atoms with E-state index in [0.717, 1.165) is 11.3 Å². The number of hydrogen-bond acceptors (Lipinski definition) is 4. The molecule has 1 aliphatic heterocycles. The van der Waals surface area contributed by atoms with Crippen molar-refractivity contribution in [3.8, 4) is 5.75 Å². The molecule has 1 unspecified atom stereocenters. The van der Waals surface area contributed by atoms with E-state index in [1.54, 1.807) is 0 Å². The molecule has 1 aromatic carbocycles. The summed E-state index contributed by atoms with van der Waals surface area (Å²) in [4.78, 5) is 0. The Morgan fingerprint density at radius 2 is 2.31 bits per heavy atom. The first-order valence-electron chi connectivity index (χ1n) is 3.83. The van der Waals surface area contributed by atoms with Crippen molar-refractivity contribution in [3.63, 3.8) is 0 Å². The average molecular weight is 200 g/mol. The van der Waals surface area contributed by atoms with Crippen LogP contribution in [0.25, 0.3) is 0 Å². The third kappa shape index (κ3) is 1.98. The number of benzene rings is 1. The molecule has 4 nitrogen and oxygen atoms in total. The minimum absolute atomic E-state index is 0.381. The van der Waals surface area contributed by atoms with Crippen LogP contribution in [0, 0.1) is 0 Å². The van der Waals surface area contributed by atoms with Gasteiger partial charge in [0.2, 0.25) is 0 Å². The molecule has 0 aromatic heterocycles. The molecule has 13 heavy (non-hydrogen) atoms. The Labute approximate surface area is 77.1 Å². The van der Waals surface area contributed by atoms with Crippen molar-refractivity contribution < 1.29 is 18.7 Å². The monoisotopic (exact) mass is 200 g/mol. The molecule has 0 saturated carbocycles. The van der Waals surface area contributed by atoms with Gasteiger partial charge in [-0.05, 0) is 6.07 Å². The Kier molecular flexibility index (Phi) is 2.76. The lowest BCUT2D eigenvalue weighted by Gasteiger charge is -2.22. The summed E-state index contributed by atoms with van der Waals surface area (Å²) >= 11 is 0. The molecule has 0 radical (unpaired) electrons. The lowest BCUT2D eigenvalue weighted by atomic mass is 10.2. The molecule has 1 heterocycles. The maximum absolute atomic E-state index is 8.50. The fraction of sp³-hybridized carbons (Fsp3) is 0.250. The highest BCUT2D eigenvalue weighted by Gasteiger charge is 2.22. The highest BCUT2D eigenvalue weighted by atomic mass is 31.2. The predicted octanol–water partition coefficient (Wildman–Crippen LogP) is 1.79. The summed E-state index contributed by atoms with van der Waals surface area (Å²) in [5, 5.41) is 8.50. The molecule has 0 aliphatic carbocycles. The van der Waals surface area contributed by atoms with E-state index in [-0.39, 0.29) is 6.79 Å². The second-order valence-electron chi connectivity index (χ2n) is 2.45. The Bertz CT molecular complexity index is 291. The zero-order valence-corrected chi connectivity index (χ0v) is 7.74. The van der Waals surface area contributed by atoms with Crippen molar-refractivity contribution in [1.29, 1.82) is 0 Å². The third-order valence-corrected chi connectivity index (χ3v) is 2.65. The third-order valence-electron chi connectivity index (χ3n) is 1.63. The predicted molar refractivity (Wildman–Crippen MR) is 46.9 cm³/mol. The molecule has 1 aliphatic rings. The molecule has 1 atom stereocenters. The van der Waals surface area contributed by atoms with Gasteiger partial charge in [-0.2, -0.15) is 0 Å². The maximum Gasteiger partial charge on any atom is 0.399 e. The van der Waals surface area contributed by atoms with Crippen LogP contribution >= 0.6 is 8.60 Å². The largest absolute Gasteiger partial charge is 0.426 e. The summed E-state index contributed by atoms with van der Waals surface area (Å²) in [7, 11) is -1.41.